The molecule has 2 radical (unpaired) electrons. The topological polar surface area (TPSA) is 40.5 Å². The Morgan fingerprint density at radius 1 is 1.25 bits per heavy atom. The monoisotopic (exact) mass is 204 g/mol. The van der Waals surface area contributed by atoms with Crippen molar-refractivity contribution in [2.45, 2.75) is 0 Å². The van der Waals surface area contributed by atoms with Crippen LogP contribution in [0.5, 0.6) is 0 Å². The molecule has 2 N–H and O–H groups in total. The van der Waals surface area contributed by atoms with Crippen molar-refractivity contribution >= 4 is 61.2 Å². The van der Waals surface area contributed by atoms with Gasteiger partial charge in [0, 0.05) is 48.9 Å². The van der Waals surface area contributed by atoms with Crippen molar-refractivity contribution in [3.8, 4) is 0 Å². The second kappa shape index (κ2) is 8.85. The molecule has 0 saturated heterocycles. The molecule has 22 valence electrons. The predicted octanol–water partition coefficient (Wildman–Crippen LogP) is 0.285. The van der Waals surface area contributed by atoms with Gasteiger partial charge in [0.15, 0.2) is 12.3 Å². The van der Waals surface area contributed by atoms with Gasteiger partial charge in [-0.15, -0.1) is 0 Å². The third kappa shape index (κ3) is 9.15. The van der Waals surface area contributed by atoms with Gasteiger partial charge in [0.05, 0.1) is 0 Å². The summed E-state index contributed by atoms with van der Waals surface area (Å²) in [6, 6.07) is 0. The summed E-state index contributed by atoms with van der Waals surface area (Å²) in [6.07, 6.45) is 0. The van der Waals surface area contributed by atoms with Crippen LogP contribution >= 0.6 is 12.3 Å². The number of hydrogen-bond donors (Lipinski definition) is 2. The molecule has 0 heterocycles. The van der Waals surface area contributed by atoms with Crippen molar-refractivity contribution in [1.29, 1.82) is 0 Å². The molecule has 0 aliphatic heterocycles. The zero-order valence-electron chi connectivity index (χ0n) is 2.01. The Bertz CT molecular complexity index is 6.00. The first-order chi connectivity index (χ1) is 1.41. The van der Waals surface area contributed by atoms with E-state index in [1.807, 2.05) is 0 Å². The van der Waals surface area contributed by atoms with Crippen molar-refractivity contribution in [3.63, 3.8) is 0 Å². The Kier molecular flexibility index (Phi) is 20.5. The van der Waals surface area contributed by atoms with Gasteiger partial charge in [-0.05, 0) is 0 Å². The Morgan fingerprint density at radius 3 is 1.25 bits per heavy atom. The van der Waals surface area contributed by atoms with Crippen LogP contribution in [0.15, 0.2) is 0 Å². The van der Waals surface area contributed by atoms with Crippen molar-refractivity contribution < 1.29 is 9.11 Å². The van der Waals surface area contributed by atoms with Crippen LogP contribution in [-0.2, 0) is 0 Å². The molecule has 2 nitrogen and oxygen atoms in total. The zero-order chi connectivity index (χ0) is 2.71. The van der Waals surface area contributed by atoms with Crippen LogP contribution in [-0.4, -0.2) is 58.0 Å². The third-order valence-electron chi connectivity index (χ3n) is 0. The normalized spacial score (nSPS) is 4.50. The van der Waals surface area contributed by atoms with E-state index in [1.165, 1.54) is 0 Å². The molecule has 0 aromatic carbocycles. The maximum absolute atomic E-state index is 7.04. The quantitative estimate of drug-likeness (QED) is 0.439. The van der Waals surface area contributed by atoms with Gasteiger partial charge in [-0.1, -0.05) is 0 Å². The van der Waals surface area contributed by atoms with Gasteiger partial charge in [-0.2, -0.15) is 0 Å². The molecular formula is H2BaO2S. The van der Waals surface area contributed by atoms with Crippen molar-refractivity contribution in [2.24, 2.45) is 0 Å². The minimum absolute atomic E-state index is 0. The minimum Gasteiger partial charge on any atom is -0.307 e. The molecule has 4 heteroatoms. The molecule has 0 aliphatic carbocycles. The second-order valence-electron chi connectivity index (χ2n) is 0.0816. The Morgan fingerprint density at radius 2 is 1.25 bits per heavy atom. The van der Waals surface area contributed by atoms with Crippen molar-refractivity contribution in [2.75, 3.05) is 0 Å². The van der Waals surface area contributed by atoms with E-state index in [9.17, 15) is 0 Å². The maximum atomic E-state index is 7.04. The predicted molar refractivity (Wildman–Crippen MR) is 18.6 cm³/mol. The van der Waals surface area contributed by atoms with Gasteiger partial charge >= 0.3 is 0 Å². The maximum Gasteiger partial charge on any atom is 0.152 e. The average molecular weight is 203 g/mol. The first-order valence-corrected chi connectivity index (χ1v) is 1.10. The van der Waals surface area contributed by atoms with Crippen LogP contribution in [0.2, 0.25) is 0 Å². The summed E-state index contributed by atoms with van der Waals surface area (Å²) >= 11 is -0.250. The van der Waals surface area contributed by atoms with Crippen LogP contribution < -0.4 is 0 Å². The molecule has 0 aliphatic rings. The zero-order valence-corrected chi connectivity index (χ0v) is 7.27. The Labute approximate surface area is 69.1 Å². The van der Waals surface area contributed by atoms with E-state index in [2.05, 4.69) is 0 Å². The minimum atomic E-state index is -0.250. The van der Waals surface area contributed by atoms with Crippen LogP contribution in [0.3, 0.4) is 0 Å². The largest absolute Gasteiger partial charge is 0.307 e. The first kappa shape index (κ1) is 9.28. The smallest absolute Gasteiger partial charge is 0.152 e. The van der Waals surface area contributed by atoms with E-state index in [-0.39, 0.29) is 61.2 Å². The fourth-order valence-corrected chi connectivity index (χ4v) is 0. The molecule has 0 aromatic rings. The van der Waals surface area contributed by atoms with Crippen LogP contribution in [0.1, 0.15) is 0 Å². The molecule has 0 saturated carbocycles. The summed E-state index contributed by atoms with van der Waals surface area (Å²) in [5, 5.41) is 0. The van der Waals surface area contributed by atoms with Gasteiger partial charge in [0.25, 0.3) is 0 Å². The molecule has 0 bridgehead atoms. The fourth-order valence-electron chi connectivity index (χ4n) is 0. The van der Waals surface area contributed by atoms with Crippen LogP contribution in [0.4, 0.5) is 0 Å². The van der Waals surface area contributed by atoms with Gasteiger partial charge in [0.2, 0.25) is 0 Å². The molecule has 0 aromatic heterocycles. The average Bonchev–Trinajstić information content (AvgIpc) is 0.918. The van der Waals surface area contributed by atoms with Gasteiger partial charge in [-0.25, -0.2) is 0 Å². The Hall–Kier alpha value is 1.84. The van der Waals surface area contributed by atoms with Crippen LogP contribution in [0, 0.1) is 0 Å². The van der Waals surface area contributed by atoms with E-state index in [0.717, 1.165) is 0 Å². The molecular weight excluding hydrogens is 201 g/mol. The third-order valence-corrected chi connectivity index (χ3v) is 0. The summed E-state index contributed by atoms with van der Waals surface area (Å²) < 4.78 is 14.1. The van der Waals surface area contributed by atoms with E-state index >= 15 is 0 Å². The molecule has 0 rings (SSSR count). The van der Waals surface area contributed by atoms with Gasteiger partial charge in [0.1, 0.15) is 0 Å². The van der Waals surface area contributed by atoms with Crippen LogP contribution in [0.25, 0.3) is 0 Å². The molecule has 0 spiro atoms. The van der Waals surface area contributed by atoms with E-state index in [0.29, 0.717) is 0 Å². The summed E-state index contributed by atoms with van der Waals surface area (Å²) in [6.45, 7) is 0. The fraction of sp³-hybridized carbons (Fsp3) is 0. The standard InChI is InChI=1S/Ba.H2O2S/c;1-3-2/h;1-2H. The van der Waals surface area contributed by atoms with E-state index in [1.54, 1.807) is 0 Å². The second-order valence-corrected chi connectivity index (χ2v) is 0.245. The molecule has 0 atom stereocenters. The Balaban J connectivity index is 0. The molecule has 4 heavy (non-hydrogen) atoms. The van der Waals surface area contributed by atoms with E-state index < -0.39 is 0 Å². The molecule has 0 fully saturated rings. The molecule has 0 unspecified atom stereocenters. The van der Waals surface area contributed by atoms with Crippen molar-refractivity contribution in [3.05, 3.63) is 0 Å². The summed E-state index contributed by atoms with van der Waals surface area (Å²) in [5.74, 6) is 0. The van der Waals surface area contributed by atoms with Gasteiger partial charge < -0.3 is 9.11 Å². The van der Waals surface area contributed by atoms with E-state index in [4.69, 9.17) is 9.11 Å². The van der Waals surface area contributed by atoms with Crippen molar-refractivity contribution in [1.82, 2.24) is 0 Å². The van der Waals surface area contributed by atoms with Gasteiger partial charge in [-0.3, -0.25) is 0 Å². The summed E-state index contributed by atoms with van der Waals surface area (Å²) in [5.41, 5.74) is 0. The summed E-state index contributed by atoms with van der Waals surface area (Å²) in [7, 11) is 0. The number of rotatable bonds is 0. The molecule has 0 amide bonds. The SMILES string of the molecule is OSO.[Ba]. The summed E-state index contributed by atoms with van der Waals surface area (Å²) in [4.78, 5) is 0. The first-order valence-electron chi connectivity index (χ1n) is 0.365. The number of hydrogen-bond acceptors (Lipinski definition) is 3.